The van der Waals surface area contributed by atoms with Crippen LogP contribution in [0.2, 0.25) is 0 Å². The summed E-state index contributed by atoms with van der Waals surface area (Å²) in [5, 5.41) is 55.1. The third-order valence-corrected chi connectivity index (χ3v) is 5.02. The number of nitrogens with zero attached hydrogens (tertiary/aromatic N) is 3. The van der Waals surface area contributed by atoms with Gasteiger partial charge in [0.15, 0.2) is 0 Å². The Labute approximate surface area is 162 Å². The Morgan fingerprint density at radius 2 is 1.85 bits per heavy atom. The number of halogens is 1. The van der Waals surface area contributed by atoms with E-state index in [9.17, 15) is 20.4 Å². The smallest absolute Gasteiger partial charge is 0.206 e. The van der Waals surface area contributed by atoms with Crippen LogP contribution in [0, 0.1) is 0 Å². The molecule has 0 bridgehead atoms. The third-order valence-electron chi connectivity index (χ3n) is 3.58. The molecule has 1 aromatic heterocycles. The van der Waals surface area contributed by atoms with Crippen molar-refractivity contribution in [3.05, 3.63) is 34.1 Å². The molecule has 0 saturated heterocycles. The molecule has 5 N–H and O–H groups in total. The van der Waals surface area contributed by atoms with Crippen molar-refractivity contribution in [2.24, 2.45) is 5.10 Å². The van der Waals surface area contributed by atoms with Gasteiger partial charge in [0.05, 0.1) is 18.5 Å². The van der Waals surface area contributed by atoms with Gasteiger partial charge in [-0.1, -0.05) is 28.1 Å². The average molecular weight is 446 g/mol. The van der Waals surface area contributed by atoms with Gasteiger partial charge in [0, 0.05) is 22.5 Å². The monoisotopic (exact) mass is 445 g/mol. The molecular formula is C16H20BrN3O5S. The minimum Gasteiger partial charge on any atom is -0.394 e. The van der Waals surface area contributed by atoms with Crippen LogP contribution in [0.1, 0.15) is 0 Å². The lowest BCUT2D eigenvalue weighted by atomic mass is 10.0. The zero-order valence-corrected chi connectivity index (χ0v) is 16.2. The van der Waals surface area contributed by atoms with Crippen LogP contribution in [-0.2, 0) is 0 Å². The molecule has 2 aromatic rings. The number of anilines is 1. The van der Waals surface area contributed by atoms with E-state index >= 15 is 0 Å². The van der Waals surface area contributed by atoms with Crippen molar-refractivity contribution >= 4 is 38.6 Å². The number of aliphatic hydroxyl groups is 5. The maximum Gasteiger partial charge on any atom is 0.206 e. The zero-order chi connectivity index (χ0) is 19.3. The van der Waals surface area contributed by atoms with E-state index < -0.39 is 31.0 Å². The lowest BCUT2D eigenvalue weighted by Crippen LogP contribution is -2.46. The van der Waals surface area contributed by atoms with Crippen molar-refractivity contribution in [1.82, 2.24) is 4.98 Å². The van der Waals surface area contributed by atoms with Crippen LogP contribution in [0.4, 0.5) is 5.13 Å². The van der Waals surface area contributed by atoms with Gasteiger partial charge < -0.3 is 25.5 Å². The molecule has 0 amide bonds. The second-order valence-electron chi connectivity index (χ2n) is 5.53. The zero-order valence-electron chi connectivity index (χ0n) is 13.8. The predicted octanol–water partition coefficient (Wildman–Crippen LogP) is 0.431. The first-order chi connectivity index (χ1) is 12.3. The number of hydrogen-bond acceptors (Lipinski definition) is 9. The van der Waals surface area contributed by atoms with E-state index in [1.807, 2.05) is 29.6 Å². The minimum absolute atomic E-state index is 0.566. The Bertz CT molecular complexity index is 727. The van der Waals surface area contributed by atoms with Gasteiger partial charge in [-0.15, -0.1) is 11.3 Å². The Kier molecular flexibility index (Phi) is 7.65. The molecule has 0 saturated carbocycles. The highest BCUT2D eigenvalue weighted by atomic mass is 79.9. The Hall–Kier alpha value is -1.40. The Morgan fingerprint density at radius 1 is 1.19 bits per heavy atom. The fourth-order valence-corrected chi connectivity index (χ4v) is 3.03. The van der Waals surface area contributed by atoms with Gasteiger partial charge in [0.2, 0.25) is 5.13 Å². The highest BCUT2D eigenvalue weighted by Crippen LogP contribution is 2.27. The molecule has 0 aliphatic heterocycles. The largest absolute Gasteiger partial charge is 0.394 e. The van der Waals surface area contributed by atoms with Crippen LogP contribution in [0.25, 0.3) is 11.3 Å². The quantitative estimate of drug-likeness (QED) is 0.294. The molecule has 8 nitrogen and oxygen atoms in total. The molecule has 0 fully saturated rings. The van der Waals surface area contributed by atoms with Gasteiger partial charge in [0.1, 0.15) is 24.4 Å². The summed E-state index contributed by atoms with van der Waals surface area (Å²) in [6, 6.07) is 7.69. The SMILES string of the molecule is CN(/N=C/[C@H](O)[C@@H](O)[C@@H](O)[C@H](O)CO)c1nc(-c2ccc(Br)cc2)cs1. The second kappa shape index (κ2) is 9.51. The van der Waals surface area contributed by atoms with Crippen molar-refractivity contribution in [2.75, 3.05) is 18.7 Å². The number of benzene rings is 1. The molecule has 142 valence electrons. The first-order valence-corrected chi connectivity index (χ1v) is 9.33. The number of aliphatic hydroxyl groups excluding tert-OH is 5. The summed E-state index contributed by atoms with van der Waals surface area (Å²) in [5.74, 6) is 0. The number of thiazole rings is 1. The summed E-state index contributed by atoms with van der Waals surface area (Å²) in [7, 11) is 1.62. The highest BCUT2D eigenvalue weighted by molar-refractivity contribution is 9.10. The van der Waals surface area contributed by atoms with E-state index in [1.54, 1.807) is 7.05 Å². The molecule has 10 heteroatoms. The Balaban J connectivity index is 2.02. The van der Waals surface area contributed by atoms with E-state index in [1.165, 1.54) is 16.3 Å². The van der Waals surface area contributed by atoms with Crippen LogP contribution in [0.5, 0.6) is 0 Å². The van der Waals surface area contributed by atoms with E-state index in [2.05, 4.69) is 26.0 Å². The van der Waals surface area contributed by atoms with Crippen LogP contribution < -0.4 is 5.01 Å². The van der Waals surface area contributed by atoms with Crippen LogP contribution in [-0.4, -0.2) is 74.8 Å². The van der Waals surface area contributed by atoms with Crippen LogP contribution in [0.3, 0.4) is 0 Å². The summed E-state index contributed by atoms with van der Waals surface area (Å²) in [6.07, 6.45) is -5.45. The number of hydrogen-bond donors (Lipinski definition) is 5. The fraction of sp³-hybridized carbons (Fsp3) is 0.375. The lowest BCUT2D eigenvalue weighted by molar-refractivity contribution is -0.0999. The molecule has 1 heterocycles. The first-order valence-electron chi connectivity index (χ1n) is 7.66. The maximum atomic E-state index is 9.84. The molecule has 4 atom stereocenters. The summed E-state index contributed by atoms with van der Waals surface area (Å²) >= 11 is 4.73. The van der Waals surface area contributed by atoms with Crippen LogP contribution in [0.15, 0.2) is 39.2 Å². The highest BCUT2D eigenvalue weighted by Gasteiger charge is 2.29. The van der Waals surface area contributed by atoms with E-state index in [0.29, 0.717) is 5.13 Å². The fourth-order valence-electron chi connectivity index (χ4n) is 2.01. The molecule has 0 aliphatic rings. The van der Waals surface area contributed by atoms with Crippen molar-refractivity contribution in [1.29, 1.82) is 0 Å². The summed E-state index contributed by atoms with van der Waals surface area (Å²) in [4.78, 5) is 4.46. The number of rotatable bonds is 8. The average Bonchev–Trinajstić information content (AvgIpc) is 3.14. The maximum absolute atomic E-state index is 9.84. The van der Waals surface area contributed by atoms with Crippen molar-refractivity contribution in [3.8, 4) is 11.3 Å². The topological polar surface area (TPSA) is 130 Å². The van der Waals surface area contributed by atoms with Crippen molar-refractivity contribution in [2.45, 2.75) is 24.4 Å². The summed E-state index contributed by atoms with van der Waals surface area (Å²) in [6.45, 7) is -0.736. The van der Waals surface area contributed by atoms with Crippen molar-refractivity contribution < 1.29 is 25.5 Å². The third kappa shape index (κ3) is 5.30. The van der Waals surface area contributed by atoms with Crippen LogP contribution >= 0.6 is 27.3 Å². The molecule has 26 heavy (non-hydrogen) atoms. The molecule has 0 radical (unpaired) electrons. The molecule has 0 aliphatic carbocycles. The van der Waals surface area contributed by atoms with Gasteiger partial charge in [-0.3, -0.25) is 0 Å². The first kappa shape index (κ1) is 20.9. The van der Waals surface area contributed by atoms with Gasteiger partial charge in [0.25, 0.3) is 0 Å². The van der Waals surface area contributed by atoms with Gasteiger partial charge in [-0.2, -0.15) is 5.10 Å². The van der Waals surface area contributed by atoms with Crippen molar-refractivity contribution in [3.63, 3.8) is 0 Å². The summed E-state index contributed by atoms with van der Waals surface area (Å²) in [5.41, 5.74) is 1.73. The molecule has 0 spiro atoms. The predicted molar refractivity (Wildman–Crippen MR) is 103 cm³/mol. The molecule has 2 rings (SSSR count). The minimum atomic E-state index is -1.70. The standard InChI is InChI=1S/C16H20BrN3O5S/c1-20(18-6-12(22)14(24)15(25)13(23)7-21)16-19-11(8-26-16)9-2-4-10(17)5-3-9/h2-6,8,12-15,21-25H,7H2,1H3/b18-6+/t12-,13+,14+,15-/m0/s1. The normalized spacial score (nSPS) is 16.4. The van der Waals surface area contributed by atoms with E-state index in [4.69, 9.17) is 5.11 Å². The van der Waals surface area contributed by atoms with Gasteiger partial charge in [-0.25, -0.2) is 9.99 Å². The van der Waals surface area contributed by atoms with E-state index in [-0.39, 0.29) is 0 Å². The number of aromatic nitrogens is 1. The molecular weight excluding hydrogens is 426 g/mol. The molecule has 0 unspecified atom stereocenters. The van der Waals surface area contributed by atoms with E-state index in [0.717, 1.165) is 21.9 Å². The number of hydrazone groups is 1. The van der Waals surface area contributed by atoms with Gasteiger partial charge >= 0.3 is 0 Å². The molecule has 1 aromatic carbocycles. The second-order valence-corrected chi connectivity index (χ2v) is 7.28. The van der Waals surface area contributed by atoms with Gasteiger partial charge in [-0.05, 0) is 12.1 Å². The summed E-state index contributed by atoms with van der Waals surface area (Å²) < 4.78 is 0.972. The lowest BCUT2D eigenvalue weighted by Gasteiger charge is -2.23. The Morgan fingerprint density at radius 3 is 2.46 bits per heavy atom.